The molecule has 1 unspecified atom stereocenters. The van der Waals surface area contributed by atoms with E-state index in [1.807, 2.05) is 4.90 Å². The van der Waals surface area contributed by atoms with Crippen molar-refractivity contribution in [1.82, 2.24) is 25.1 Å². The number of alkyl halides is 3. The normalized spacial score (nSPS) is 18.0. The number of halogens is 3. The van der Waals surface area contributed by atoms with Crippen LogP contribution in [0.1, 0.15) is 53.9 Å². The van der Waals surface area contributed by atoms with Gasteiger partial charge in [0.25, 0.3) is 0 Å². The molecule has 2 fully saturated rings. The Bertz CT molecular complexity index is 1860. The van der Waals surface area contributed by atoms with E-state index >= 15 is 0 Å². The van der Waals surface area contributed by atoms with E-state index in [2.05, 4.69) is 20.4 Å². The fourth-order valence-electron chi connectivity index (χ4n) is 6.50. The molecule has 0 radical (unpaired) electrons. The molecule has 4 N–H and O–H groups in total. The molecular formula is C34H36F3N7O5. The standard InChI is InChI=1S/C34H36F3N7O5/c1-3-48-31(47)23-6-4-5-21(15-23)22-7-8-24(26(16-22)44-12-9-20(2)42-44)29(34(35,36)37)49-28-17-27(40-32(38)41-28)43-13-10-33(11-14-43)18-25(30(45)46)39-19-33/h4-9,12,15-17,25,29,39H,3,10-11,13-14,18-19H2,1-2H3,(H,45,46)(H2,38,40,41)/t25-,29?/m0/s1. The third kappa shape index (κ3) is 7.31. The lowest BCUT2D eigenvalue weighted by Gasteiger charge is -2.39. The predicted octanol–water partition coefficient (Wildman–Crippen LogP) is 5.11. The molecule has 0 bridgehead atoms. The number of nitrogens with two attached hydrogens (primary N) is 1. The maximum Gasteiger partial charge on any atom is 0.429 e. The molecule has 0 amide bonds. The first-order chi connectivity index (χ1) is 23.3. The number of carboxylic acids is 1. The van der Waals surface area contributed by atoms with E-state index in [1.54, 1.807) is 56.4 Å². The number of aliphatic carboxylic acids is 1. The van der Waals surface area contributed by atoms with Crippen molar-refractivity contribution in [3.8, 4) is 22.7 Å². The summed E-state index contributed by atoms with van der Waals surface area (Å²) in [4.78, 5) is 34.0. The number of nitrogens with one attached hydrogen (secondary N) is 1. The molecule has 2 aliphatic heterocycles. The highest BCUT2D eigenvalue weighted by Gasteiger charge is 2.46. The summed E-state index contributed by atoms with van der Waals surface area (Å²) >= 11 is 0. The summed E-state index contributed by atoms with van der Waals surface area (Å²) in [7, 11) is 0. The van der Waals surface area contributed by atoms with Crippen LogP contribution < -0.4 is 20.7 Å². The Labute approximate surface area is 280 Å². The molecule has 0 aliphatic carbocycles. The molecular weight excluding hydrogens is 643 g/mol. The Hall–Kier alpha value is -5.18. The summed E-state index contributed by atoms with van der Waals surface area (Å²) in [6, 6.07) is 13.5. The lowest BCUT2D eigenvalue weighted by atomic mass is 9.76. The molecule has 12 nitrogen and oxygen atoms in total. The number of piperidine rings is 1. The number of benzene rings is 2. The van der Waals surface area contributed by atoms with Gasteiger partial charge < -0.3 is 30.5 Å². The van der Waals surface area contributed by atoms with Crippen molar-refractivity contribution < 1.29 is 37.3 Å². The SMILES string of the molecule is CCOC(=O)c1cccc(-c2ccc(C(Oc3cc(N4CCC5(CC4)CN[C@H](C(=O)O)C5)nc(N)n3)C(F)(F)F)c(-n3ccc(C)n3)c2)c1. The maximum atomic E-state index is 14.9. The molecule has 1 spiro atoms. The number of carbonyl (C=O) groups excluding carboxylic acids is 1. The smallest absolute Gasteiger partial charge is 0.429 e. The lowest BCUT2D eigenvalue weighted by molar-refractivity contribution is -0.198. The van der Waals surface area contributed by atoms with Crippen molar-refractivity contribution in [2.75, 3.05) is 36.9 Å². The minimum absolute atomic E-state index is 0.114. The zero-order valence-electron chi connectivity index (χ0n) is 26.9. The lowest BCUT2D eigenvalue weighted by Crippen LogP contribution is -2.41. The van der Waals surface area contributed by atoms with Crippen LogP contribution in [0.15, 0.2) is 60.8 Å². The number of carbonyl (C=O) groups is 2. The number of aromatic nitrogens is 4. The van der Waals surface area contributed by atoms with Gasteiger partial charge in [0, 0.05) is 37.5 Å². The summed E-state index contributed by atoms with van der Waals surface area (Å²) in [6.45, 7) is 5.22. The van der Waals surface area contributed by atoms with E-state index in [1.165, 1.54) is 22.9 Å². The van der Waals surface area contributed by atoms with Crippen LogP contribution >= 0.6 is 0 Å². The molecule has 2 aromatic carbocycles. The highest BCUT2D eigenvalue weighted by atomic mass is 19.4. The van der Waals surface area contributed by atoms with Gasteiger partial charge in [-0.15, -0.1) is 0 Å². The van der Waals surface area contributed by atoms with Crippen LogP contribution in [0.25, 0.3) is 16.8 Å². The van der Waals surface area contributed by atoms with Crippen LogP contribution in [-0.4, -0.2) is 75.3 Å². The molecule has 2 saturated heterocycles. The third-order valence-electron chi connectivity index (χ3n) is 9.04. The Morgan fingerprint density at radius 3 is 2.51 bits per heavy atom. The Kier molecular flexibility index (Phi) is 9.20. The third-order valence-corrected chi connectivity index (χ3v) is 9.04. The van der Waals surface area contributed by atoms with Crippen LogP contribution in [0.4, 0.5) is 24.9 Å². The highest BCUT2D eigenvalue weighted by molar-refractivity contribution is 5.91. The summed E-state index contributed by atoms with van der Waals surface area (Å²) in [5.41, 5.74) is 7.74. The first kappa shape index (κ1) is 33.7. The first-order valence-corrected chi connectivity index (χ1v) is 15.9. The van der Waals surface area contributed by atoms with E-state index < -0.39 is 30.3 Å². The Balaban J connectivity index is 1.31. The van der Waals surface area contributed by atoms with Crippen molar-refractivity contribution in [1.29, 1.82) is 0 Å². The number of esters is 1. The Morgan fingerprint density at radius 1 is 1.10 bits per heavy atom. The largest absolute Gasteiger partial charge is 0.480 e. The summed E-state index contributed by atoms with van der Waals surface area (Å²) < 4.78 is 56.8. The number of nitrogens with zero attached hydrogens (tertiary/aromatic N) is 5. The molecule has 49 heavy (non-hydrogen) atoms. The highest BCUT2D eigenvalue weighted by Crippen LogP contribution is 2.43. The van der Waals surface area contributed by atoms with Gasteiger partial charge in [-0.25, -0.2) is 9.48 Å². The minimum Gasteiger partial charge on any atom is -0.480 e. The molecule has 15 heteroatoms. The first-order valence-electron chi connectivity index (χ1n) is 15.9. The minimum atomic E-state index is -4.88. The zero-order chi connectivity index (χ0) is 34.9. The Morgan fingerprint density at radius 2 is 1.86 bits per heavy atom. The van der Waals surface area contributed by atoms with E-state index in [0.29, 0.717) is 67.1 Å². The van der Waals surface area contributed by atoms with Crippen LogP contribution in [0.2, 0.25) is 0 Å². The summed E-state index contributed by atoms with van der Waals surface area (Å²) in [6.07, 6.45) is -3.92. The van der Waals surface area contributed by atoms with Crippen molar-refractivity contribution in [3.63, 3.8) is 0 Å². The van der Waals surface area contributed by atoms with Crippen LogP contribution in [-0.2, 0) is 9.53 Å². The monoisotopic (exact) mass is 679 g/mol. The summed E-state index contributed by atoms with van der Waals surface area (Å²) in [5.74, 6) is -1.68. The number of ether oxygens (including phenoxy) is 2. The second kappa shape index (κ2) is 13.4. The maximum absolute atomic E-state index is 14.9. The fourth-order valence-corrected chi connectivity index (χ4v) is 6.50. The number of rotatable bonds is 9. The fraction of sp³-hybridized carbons (Fsp3) is 0.382. The van der Waals surface area contributed by atoms with Crippen LogP contribution in [0.3, 0.4) is 0 Å². The molecule has 6 rings (SSSR count). The second-order valence-electron chi connectivity index (χ2n) is 12.4. The van der Waals surface area contributed by atoms with Crippen LogP contribution in [0.5, 0.6) is 5.88 Å². The van der Waals surface area contributed by atoms with Crippen molar-refractivity contribution in [3.05, 3.63) is 77.6 Å². The van der Waals surface area contributed by atoms with Gasteiger partial charge in [-0.1, -0.05) is 24.3 Å². The average Bonchev–Trinajstić information content (AvgIpc) is 3.70. The quantitative estimate of drug-likeness (QED) is 0.202. The number of anilines is 2. The van der Waals surface area contributed by atoms with Crippen molar-refractivity contribution in [2.45, 2.75) is 51.4 Å². The molecule has 2 aromatic heterocycles. The topological polar surface area (TPSA) is 158 Å². The number of hydrogen-bond donors (Lipinski definition) is 3. The molecule has 258 valence electrons. The molecule has 4 heterocycles. The van der Waals surface area contributed by atoms with Gasteiger partial charge >= 0.3 is 18.1 Å². The molecule has 4 aromatic rings. The van der Waals surface area contributed by atoms with Gasteiger partial charge in [0.15, 0.2) is 0 Å². The van der Waals surface area contributed by atoms with Gasteiger partial charge in [-0.05, 0) is 73.9 Å². The second-order valence-corrected chi connectivity index (χ2v) is 12.4. The van der Waals surface area contributed by atoms with E-state index in [-0.39, 0.29) is 35.1 Å². The van der Waals surface area contributed by atoms with Gasteiger partial charge in [0.05, 0.1) is 23.6 Å². The number of hydrogen-bond acceptors (Lipinski definition) is 10. The van der Waals surface area contributed by atoms with Gasteiger partial charge in [0.2, 0.25) is 17.9 Å². The van der Waals surface area contributed by atoms with Crippen molar-refractivity contribution in [2.24, 2.45) is 5.41 Å². The van der Waals surface area contributed by atoms with E-state index in [4.69, 9.17) is 15.2 Å². The van der Waals surface area contributed by atoms with Crippen molar-refractivity contribution >= 4 is 23.7 Å². The summed E-state index contributed by atoms with van der Waals surface area (Å²) in [5, 5.41) is 16.9. The van der Waals surface area contributed by atoms with E-state index in [0.717, 1.165) is 0 Å². The average molecular weight is 680 g/mol. The van der Waals surface area contributed by atoms with Gasteiger partial charge in [0.1, 0.15) is 11.9 Å². The van der Waals surface area contributed by atoms with Gasteiger partial charge in [-0.3, -0.25) is 4.79 Å². The predicted molar refractivity (Wildman–Crippen MR) is 173 cm³/mol. The van der Waals surface area contributed by atoms with Gasteiger partial charge in [-0.2, -0.15) is 28.2 Å². The van der Waals surface area contributed by atoms with E-state index in [9.17, 15) is 27.9 Å². The number of carboxylic acid groups (broad SMARTS) is 1. The molecule has 2 aliphatic rings. The molecule has 2 atom stereocenters. The molecule has 0 saturated carbocycles. The zero-order valence-corrected chi connectivity index (χ0v) is 26.9. The number of aryl methyl sites for hydroxylation is 1. The van der Waals surface area contributed by atoms with Crippen LogP contribution in [0, 0.1) is 12.3 Å². The number of nitrogen functional groups attached to an aromatic ring is 1.